The van der Waals surface area contributed by atoms with E-state index in [9.17, 15) is 4.79 Å². The minimum absolute atomic E-state index is 0.0174. The molecule has 1 aliphatic heterocycles. The maximum Gasteiger partial charge on any atom is 0.228 e. The van der Waals surface area contributed by atoms with Gasteiger partial charge in [-0.05, 0) is 49.0 Å². The molecular formula is C20H23N5O. The number of fused-ring (bicyclic) bond motifs is 1. The largest absolute Gasteiger partial charge is 0.369 e. The smallest absolute Gasteiger partial charge is 0.228 e. The van der Waals surface area contributed by atoms with Gasteiger partial charge in [-0.15, -0.1) is 0 Å². The summed E-state index contributed by atoms with van der Waals surface area (Å²) in [5, 5.41) is 2.98. The van der Waals surface area contributed by atoms with Crippen LogP contribution in [-0.2, 0) is 11.2 Å². The van der Waals surface area contributed by atoms with Crippen LogP contribution in [-0.4, -0.2) is 54.0 Å². The van der Waals surface area contributed by atoms with Crippen LogP contribution in [0, 0.1) is 0 Å². The summed E-state index contributed by atoms with van der Waals surface area (Å²) in [6, 6.07) is 14.0. The molecule has 0 unspecified atom stereocenters. The number of nitrogens with zero attached hydrogens (tertiary/aromatic N) is 3. The molecule has 1 amide bonds. The molecule has 0 bridgehead atoms. The van der Waals surface area contributed by atoms with Crippen LogP contribution in [0.15, 0.2) is 48.8 Å². The molecule has 6 heteroatoms. The molecule has 1 aliphatic rings. The van der Waals surface area contributed by atoms with Gasteiger partial charge in [0, 0.05) is 37.6 Å². The van der Waals surface area contributed by atoms with Crippen LogP contribution in [0.5, 0.6) is 0 Å². The van der Waals surface area contributed by atoms with Gasteiger partial charge in [-0.1, -0.05) is 6.07 Å². The van der Waals surface area contributed by atoms with E-state index in [1.807, 2.05) is 30.3 Å². The van der Waals surface area contributed by atoms with Crippen molar-refractivity contribution in [1.82, 2.24) is 14.9 Å². The van der Waals surface area contributed by atoms with Crippen LogP contribution in [0.4, 0.5) is 11.4 Å². The van der Waals surface area contributed by atoms with Gasteiger partial charge in [0.05, 0.1) is 23.8 Å². The van der Waals surface area contributed by atoms with Gasteiger partial charge in [0.1, 0.15) is 0 Å². The molecule has 0 atom stereocenters. The van der Waals surface area contributed by atoms with E-state index in [-0.39, 0.29) is 5.91 Å². The number of aromatic nitrogens is 2. The summed E-state index contributed by atoms with van der Waals surface area (Å²) < 4.78 is 0. The molecule has 26 heavy (non-hydrogen) atoms. The van der Waals surface area contributed by atoms with Gasteiger partial charge >= 0.3 is 0 Å². The Bertz CT molecular complexity index is 894. The van der Waals surface area contributed by atoms with Crippen LogP contribution >= 0.6 is 0 Å². The van der Waals surface area contributed by atoms with E-state index in [0.29, 0.717) is 6.42 Å². The predicted octanol–water partition coefficient (Wildman–Crippen LogP) is 2.50. The van der Waals surface area contributed by atoms with Crippen molar-refractivity contribution in [1.29, 1.82) is 0 Å². The molecule has 0 aliphatic carbocycles. The summed E-state index contributed by atoms with van der Waals surface area (Å²) in [6.07, 6.45) is 2.01. The first kappa shape index (κ1) is 16.6. The molecule has 4 rings (SSSR count). The Labute approximate surface area is 152 Å². The van der Waals surface area contributed by atoms with E-state index in [1.165, 1.54) is 5.69 Å². The average Bonchev–Trinajstić information content (AvgIpc) is 3.11. The first-order valence-electron chi connectivity index (χ1n) is 8.93. The van der Waals surface area contributed by atoms with Crippen molar-refractivity contribution >= 4 is 28.3 Å². The van der Waals surface area contributed by atoms with Crippen molar-refractivity contribution in [3.63, 3.8) is 0 Å². The van der Waals surface area contributed by atoms with Crippen molar-refractivity contribution in [2.45, 2.75) is 6.42 Å². The van der Waals surface area contributed by atoms with E-state index in [1.54, 1.807) is 6.33 Å². The van der Waals surface area contributed by atoms with E-state index in [4.69, 9.17) is 0 Å². The Morgan fingerprint density at radius 2 is 1.88 bits per heavy atom. The molecule has 0 radical (unpaired) electrons. The zero-order valence-electron chi connectivity index (χ0n) is 14.9. The van der Waals surface area contributed by atoms with Crippen LogP contribution in [0.3, 0.4) is 0 Å². The first-order valence-corrected chi connectivity index (χ1v) is 8.93. The highest BCUT2D eigenvalue weighted by molar-refractivity contribution is 5.93. The molecule has 1 aromatic heterocycles. The molecule has 3 aromatic rings. The maximum atomic E-state index is 12.3. The van der Waals surface area contributed by atoms with E-state index in [2.05, 4.69) is 44.3 Å². The number of hydrogen-bond donors (Lipinski definition) is 2. The fourth-order valence-corrected chi connectivity index (χ4v) is 3.30. The number of hydrogen-bond acceptors (Lipinski definition) is 4. The van der Waals surface area contributed by atoms with Crippen LogP contribution in [0.1, 0.15) is 5.56 Å². The lowest BCUT2D eigenvalue weighted by atomic mass is 10.1. The van der Waals surface area contributed by atoms with Crippen molar-refractivity contribution in [3.8, 4) is 0 Å². The summed E-state index contributed by atoms with van der Waals surface area (Å²) in [7, 11) is 2.15. The zero-order chi connectivity index (χ0) is 17.9. The highest BCUT2D eigenvalue weighted by atomic mass is 16.1. The third-order valence-electron chi connectivity index (χ3n) is 4.87. The molecule has 2 aromatic carbocycles. The monoisotopic (exact) mass is 349 g/mol. The number of anilines is 2. The number of imidazole rings is 1. The second-order valence-corrected chi connectivity index (χ2v) is 6.82. The van der Waals surface area contributed by atoms with Gasteiger partial charge in [-0.3, -0.25) is 4.79 Å². The third kappa shape index (κ3) is 3.70. The Balaban J connectivity index is 1.36. The predicted molar refractivity (Wildman–Crippen MR) is 105 cm³/mol. The van der Waals surface area contributed by atoms with Gasteiger partial charge in [-0.25, -0.2) is 4.98 Å². The van der Waals surface area contributed by atoms with Crippen molar-refractivity contribution in [3.05, 3.63) is 54.4 Å². The fourth-order valence-electron chi connectivity index (χ4n) is 3.30. The van der Waals surface area contributed by atoms with Gasteiger partial charge < -0.3 is 20.1 Å². The SMILES string of the molecule is CN1CCN(c2ccc(NC(=O)Cc3ccc4nc[nH]c4c3)cc2)CC1. The topological polar surface area (TPSA) is 64.3 Å². The second kappa shape index (κ2) is 7.17. The average molecular weight is 349 g/mol. The number of amides is 1. The Morgan fingerprint density at radius 1 is 1.12 bits per heavy atom. The van der Waals surface area contributed by atoms with Gasteiger partial charge in [0.15, 0.2) is 0 Å². The molecule has 2 heterocycles. The van der Waals surface area contributed by atoms with Crippen LogP contribution < -0.4 is 10.2 Å². The van der Waals surface area contributed by atoms with E-state index in [0.717, 1.165) is 48.5 Å². The van der Waals surface area contributed by atoms with Crippen LogP contribution in [0.2, 0.25) is 0 Å². The number of rotatable bonds is 4. The Kier molecular flexibility index (Phi) is 4.58. The highest BCUT2D eigenvalue weighted by Crippen LogP contribution is 2.20. The lowest BCUT2D eigenvalue weighted by molar-refractivity contribution is -0.115. The lowest BCUT2D eigenvalue weighted by Gasteiger charge is -2.34. The normalized spacial score (nSPS) is 15.3. The number of nitrogens with one attached hydrogen (secondary N) is 2. The molecule has 1 fully saturated rings. The van der Waals surface area contributed by atoms with Gasteiger partial charge in [-0.2, -0.15) is 0 Å². The van der Waals surface area contributed by atoms with Crippen molar-refractivity contribution < 1.29 is 4.79 Å². The molecule has 2 N–H and O–H groups in total. The number of likely N-dealkylation sites (N-methyl/N-ethyl adjacent to an activating group) is 1. The molecule has 0 saturated carbocycles. The van der Waals surface area contributed by atoms with Crippen molar-refractivity contribution in [2.24, 2.45) is 0 Å². The molecule has 6 nitrogen and oxygen atoms in total. The number of carbonyl (C=O) groups is 1. The zero-order valence-corrected chi connectivity index (χ0v) is 14.9. The standard InChI is InChI=1S/C20H23N5O/c1-24-8-10-25(11-9-24)17-5-3-16(4-6-17)23-20(26)13-15-2-7-18-19(12-15)22-14-21-18/h2-7,12,14H,8-11,13H2,1H3,(H,21,22)(H,23,26). The van der Waals surface area contributed by atoms with Gasteiger partial charge in [0.25, 0.3) is 0 Å². The fraction of sp³-hybridized carbons (Fsp3) is 0.300. The number of H-pyrrole nitrogens is 1. The van der Waals surface area contributed by atoms with Crippen molar-refractivity contribution in [2.75, 3.05) is 43.4 Å². The Hall–Kier alpha value is -2.86. The second-order valence-electron chi connectivity index (χ2n) is 6.82. The number of benzene rings is 2. The summed E-state index contributed by atoms with van der Waals surface area (Å²) in [5.74, 6) is -0.0174. The molecule has 134 valence electrons. The highest BCUT2D eigenvalue weighted by Gasteiger charge is 2.14. The maximum absolute atomic E-state index is 12.3. The summed E-state index contributed by atoms with van der Waals surface area (Å²) in [4.78, 5) is 24.3. The van der Waals surface area contributed by atoms with Crippen LogP contribution in [0.25, 0.3) is 11.0 Å². The summed E-state index contributed by atoms with van der Waals surface area (Å²) >= 11 is 0. The minimum atomic E-state index is -0.0174. The Morgan fingerprint density at radius 3 is 2.65 bits per heavy atom. The lowest BCUT2D eigenvalue weighted by Crippen LogP contribution is -2.44. The number of carbonyl (C=O) groups excluding carboxylic acids is 1. The minimum Gasteiger partial charge on any atom is -0.369 e. The van der Waals surface area contributed by atoms with E-state index >= 15 is 0 Å². The van der Waals surface area contributed by atoms with Gasteiger partial charge in [0.2, 0.25) is 5.91 Å². The molecule has 0 spiro atoms. The summed E-state index contributed by atoms with van der Waals surface area (Å²) in [6.45, 7) is 4.24. The summed E-state index contributed by atoms with van der Waals surface area (Å²) in [5.41, 5.74) is 4.87. The number of aromatic amines is 1. The number of piperazine rings is 1. The van der Waals surface area contributed by atoms with E-state index < -0.39 is 0 Å². The molecular weight excluding hydrogens is 326 g/mol. The third-order valence-corrected chi connectivity index (χ3v) is 4.87. The first-order chi connectivity index (χ1) is 12.7. The quantitative estimate of drug-likeness (QED) is 0.760. The molecule has 1 saturated heterocycles.